The molecular formula is C18H33N. The van der Waals surface area contributed by atoms with Crippen LogP contribution < -0.4 is 5.32 Å². The van der Waals surface area contributed by atoms with Crippen LogP contribution in [0, 0.1) is 28.6 Å². The molecule has 0 saturated heterocycles. The van der Waals surface area contributed by atoms with Crippen molar-refractivity contribution in [3.63, 3.8) is 0 Å². The van der Waals surface area contributed by atoms with E-state index in [1.165, 1.54) is 38.5 Å². The number of nitrogens with one attached hydrogen (secondary N) is 1. The Hall–Kier alpha value is -0.0400. The third kappa shape index (κ3) is 2.17. The number of rotatable bonds is 2. The molecule has 3 aliphatic rings. The molecule has 110 valence electrons. The highest BCUT2D eigenvalue weighted by Gasteiger charge is 2.59. The Kier molecular flexibility index (Phi) is 3.28. The smallest absolute Gasteiger partial charge is 0.0177 e. The fourth-order valence-corrected chi connectivity index (χ4v) is 5.65. The van der Waals surface area contributed by atoms with Gasteiger partial charge in [0.2, 0.25) is 0 Å². The Bertz CT molecular complexity index is 343. The van der Waals surface area contributed by atoms with Gasteiger partial charge in [-0.15, -0.1) is 0 Å². The van der Waals surface area contributed by atoms with Gasteiger partial charge in [-0.3, -0.25) is 0 Å². The van der Waals surface area contributed by atoms with Crippen molar-refractivity contribution >= 4 is 0 Å². The minimum atomic E-state index is 0.513. The van der Waals surface area contributed by atoms with Crippen LogP contribution in [0.15, 0.2) is 0 Å². The second kappa shape index (κ2) is 4.48. The van der Waals surface area contributed by atoms with Gasteiger partial charge >= 0.3 is 0 Å². The summed E-state index contributed by atoms with van der Waals surface area (Å²) in [7, 11) is 0. The number of hydrogen-bond donors (Lipinski definition) is 1. The summed E-state index contributed by atoms with van der Waals surface area (Å²) in [6, 6.07) is 1.54. The van der Waals surface area contributed by atoms with Crippen LogP contribution in [0.5, 0.6) is 0 Å². The minimum absolute atomic E-state index is 0.513. The van der Waals surface area contributed by atoms with E-state index in [0.29, 0.717) is 10.8 Å². The van der Waals surface area contributed by atoms with Crippen LogP contribution in [0.2, 0.25) is 0 Å². The molecule has 1 nitrogen and oxygen atoms in total. The standard InChI is InChI=1S/C18H33N/c1-12-6-7-15(10-13(12)2)19-16-17(3,4)14-8-9-18(16,5)11-14/h12-16,19H,6-11H2,1-5H3/t12?,13?,14-,15?,16?,18+/m0/s1. The lowest BCUT2D eigenvalue weighted by Gasteiger charge is -2.46. The molecule has 0 aromatic carbocycles. The van der Waals surface area contributed by atoms with Crippen molar-refractivity contribution in [3.8, 4) is 0 Å². The van der Waals surface area contributed by atoms with Crippen molar-refractivity contribution in [3.05, 3.63) is 0 Å². The van der Waals surface area contributed by atoms with Gasteiger partial charge in [0.05, 0.1) is 0 Å². The van der Waals surface area contributed by atoms with Crippen LogP contribution in [0.25, 0.3) is 0 Å². The molecule has 0 aromatic heterocycles. The fourth-order valence-electron chi connectivity index (χ4n) is 5.65. The van der Waals surface area contributed by atoms with E-state index in [4.69, 9.17) is 0 Å². The molecule has 2 bridgehead atoms. The first-order valence-electron chi connectivity index (χ1n) is 8.59. The van der Waals surface area contributed by atoms with Crippen LogP contribution in [-0.2, 0) is 0 Å². The maximum absolute atomic E-state index is 4.13. The van der Waals surface area contributed by atoms with Crippen LogP contribution in [0.1, 0.15) is 73.1 Å². The summed E-state index contributed by atoms with van der Waals surface area (Å²) in [6.45, 7) is 12.5. The van der Waals surface area contributed by atoms with E-state index >= 15 is 0 Å². The Balaban J connectivity index is 1.69. The molecule has 6 atom stereocenters. The lowest BCUT2D eigenvalue weighted by atomic mass is 9.67. The molecule has 19 heavy (non-hydrogen) atoms. The highest BCUT2D eigenvalue weighted by molar-refractivity contribution is 5.12. The maximum Gasteiger partial charge on any atom is 0.0177 e. The number of fused-ring (bicyclic) bond motifs is 2. The van der Waals surface area contributed by atoms with E-state index in [2.05, 4.69) is 39.9 Å². The molecule has 0 aliphatic heterocycles. The van der Waals surface area contributed by atoms with Crippen LogP contribution in [0.3, 0.4) is 0 Å². The summed E-state index contributed by atoms with van der Waals surface area (Å²) in [5.74, 6) is 2.80. The SMILES string of the molecule is CC1CCC(NC2C(C)(C)[C@H]3CC[C@]2(C)C3)CC1C. The average molecular weight is 263 g/mol. The maximum atomic E-state index is 4.13. The Morgan fingerprint density at radius 1 is 0.947 bits per heavy atom. The highest BCUT2D eigenvalue weighted by atomic mass is 15.0. The summed E-state index contributed by atoms with van der Waals surface area (Å²) in [6.07, 6.45) is 8.62. The van der Waals surface area contributed by atoms with E-state index in [9.17, 15) is 0 Å². The molecule has 4 unspecified atom stereocenters. The van der Waals surface area contributed by atoms with Crippen molar-refractivity contribution in [2.45, 2.75) is 85.2 Å². The predicted octanol–water partition coefficient (Wildman–Crippen LogP) is 4.62. The van der Waals surface area contributed by atoms with Gasteiger partial charge in [0.15, 0.2) is 0 Å². The topological polar surface area (TPSA) is 12.0 Å². The average Bonchev–Trinajstić information content (AvgIpc) is 2.80. The van der Waals surface area contributed by atoms with Crippen molar-refractivity contribution in [2.24, 2.45) is 28.6 Å². The van der Waals surface area contributed by atoms with Crippen molar-refractivity contribution in [2.75, 3.05) is 0 Å². The third-order valence-electron chi connectivity index (χ3n) is 7.27. The molecule has 1 heteroatoms. The summed E-state index contributed by atoms with van der Waals surface area (Å²) < 4.78 is 0. The molecule has 0 radical (unpaired) electrons. The predicted molar refractivity (Wildman–Crippen MR) is 82.1 cm³/mol. The Morgan fingerprint density at radius 3 is 2.26 bits per heavy atom. The molecule has 3 aliphatic carbocycles. The zero-order valence-electron chi connectivity index (χ0n) is 13.6. The first kappa shape index (κ1) is 13.9. The normalized spacial score (nSPS) is 52.6. The Labute approximate surface area is 119 Å². The highest BCUT2D eigenvalue weighted by Crippen LogP contribution is 2.62. The second-order valence-corrected chi connectivity index (χ2v) is 8.98. The second-order valence-electron chi connectivity index (χ2n) is 8.98. The number of hydrogen-bond acceptors (Lipinski definition) is 1. The van der Waals surface area contributed by atoms with Crippen LogP contribution in [-0.4, -0.2) is 12.1 Å². The van der Waals surface area contributed by atoms with Gasteiger partial charge in [-0.25, -0.2) is 0 Å². The van der Waals surface area contributed by atoms with Crippen LogP contribution >= 0.6 is 0 Å². The third-order valence-corrected chi connectivity index (χ3v) is 7.27. The van der Waals surface area contributed by atoms with Gasteiger partial charge < -0.3 is 5.32 Å². The van der Waals surface area contributed by atoms with E-state index in [1.54, 1.807) is 0 Å². The van der Waals surface area contributed by atoms with Crippen LogP contribution in [0.4, 0.5) is 0 Å². The minimum Gasteiger partial charge on any atom is -0.310 e. The fraction of sp³-hybridized carbons (Fsp3) is 1.00. The van der Waals surface area contributed by atoms with E-state index in [-0.39, 0.29) is 0 Å². The monoisotopic (exact) mass is 263 g/mol. The van der Waals surface area contributed by atoms with Gasteiger partial charge in [0, 0.05) is 12.1 Å². The lowest BCUT2D eigenvalue weighted by Crippen LogP contribution is -2.54. The summed E-state index contributed by atoms with van der Waals surface area (Å²) in [4.78, 5) is 0. The molecule has 1 N–H and O–H groups in total. The quantitative estimate of drug-likeness (QED) is 0.767. The first-order valence-corrected chi connectivity index (χ1v) is 8.59. The molecule has 3 rings (SSSR count). The van der Waals surface area contributed by atoms with Crippen molar-refractivity contribution in [1.29, 1.82) is 0 Å². The lowest BCUT2D eigenvalue weighted by molar-refractivity contribution is 0.0830. The van der Waals surface area contributed by atoms with Crippen molar-refractivity contribution in [1.82, 2.24) is 5.32 Å². The van der Waals surface area contributed by atoms with Gasteiger partial charge in [-0.05, 0) is 67.1 Å². The molecule has 0 spiro atoms. The zero-order valence-corrected chi connectivity index (χ0v) is 13.6. The zero-order chi connectivity index (χ0) is 13.8. The van der Waals surface area contributed by atoms with E-state index in [0.717, 1.165) is 29.8 Å². The van der Waals surface area contributed by atoms with E-state index in [1.807, 2.05) is 0 Å². The molecule has 0 amide bonds. The summed E-state index contributed by atoms with van der Waals surface area (Å²) in [5.41, 5.74) is 1.10. The van der Waals surface area contributed by atoms with Gasteiger partial charge in [-0.1, -0.05) is 34.6 Å². The van der Waals surface area contributed by atoms with E-state index < -0.39 is 0 Å². The molecule has 3 fully saturated rings. The Morgan fingerprint density at radius 2 is 1.68 bits per heavy atom. The van der Waals surface area contributed by atoms with Crippen molar-refractivity contribution < 1.29 is 0 Å². The van der Waals surface area contributed by atoms with Gasteiger partial charge in [0.25, 0.3) is 0 Å². The molecule has 0 aromatic rings. The summed E-state index contributed by atoms with van der Waals surface area (Å²) in [5, 5.41) is 4.13. The molecule has 3 saturated carbocycles. The summed E-state index contributed by atoms with van der Waals surface area (Å²) >= 11 is 0. The molecule has 0 heterocycles. The largest absolute Gasteiger partial charge is 0.310 e. The first-order chi connectivity index (χ1) is 8.83. The molecular weight excluding hydrogens is 230 g/mol. The van der Waals surface area contributed by atoms with Gasteiger partial charge in [0.1, 0.15) is 0 Å². The van der Waals surface area contributed by atoms with Gasteiger partial charge in [-0.2, -0.15) is 0 Å².